The van der Waals surface area contributed by atoms with Crippen molar-refractivity contribution in [2.45, 2.75) is 33.1 Å². The van der Waals surface area contributed by atoms with Crippen molar-refractivity contribution in [3.8, 4) is 16.2 Å². The highest BCUT2D eigenvalue weighted by Crippen LogP contribution is 2.46. The standard InChI is InChI=1S/C21H19ClOS2/c1-12-18(10-20(24-12)14-6-8-15(23)9-7-14)16-4-3-5-17(16)19-11-21(22)25-13(19)2/h6-11,23H,3-5H2,1-2H3. The van der Waals surface area contributed by atoms with Gasteiger partial charge in [-0.25, -0.2) is 0 Å². The normalized spacial score (nSPS) is 14.5. The molecule has 2 heterocycles. The lowest BCUT2D eigenvalue weighted by atomic mass is 9.97. The third-order valence-electron chi connectivity index (χ3n) is 4.83. The maximum Gasteiger partial charge on any atom is 0.115 e. The highest BCUT2D eigenvalue weighted by Gasteiger charge is 2.23. The summed E-state index contributed by atoms with van der Waals surface area (Å²) in [5.74, 6) is 0.308. The number of allylic oxidation sites excluding steroid dienone is 2. The number of halogens is 1. The number of aryl methyl sites for hydroxylation is 2. The Labute approximate surface area is 161 Å². The first-order valence-corrected chi connectivity index (χ1v) is 10.4. The van der Waals surface area contributed by atoms with Gasteiger partial charge in [0.05, 0.1) is 4.34 Å². The summed E-state index contributed by atoms with van der Waals surface area (Å²) in [6.45, 7) is 4.37. The molecule has 4 heteroatoms. The summed E-state index contributed by atoms with van der Waals surface area (Å²) >= 11 is 9.74. The predicted molar refractivity (Wildman–Crippen MR) is 111 cm³/mol. The second-order valence-electron chi connectivity index (χ2n) is 6.46. The molecule has 4 rings (SSSR count). The summed E-state index contributed by atoms with van der Waals surface area (Å²) < 4.78 is 0.873. The van der Waals surface area contributed by atoms with Gasteiger partial charge in [-0.15, -0.1) is 22.7 Å². The Kier molecular flexibility index (Phi) is 4.48. The molecule has 2 aromatic heterocycles. The van der Waals surface area contributed by atoms with Crippen LogP contribution in [0.3, 0.4) is 0 Å². The van der Waals surface area contributed by atoms with Crippen LogP contribution in [0.5, 0.6) is 5.75 Å². The first-order valence-electron chi connectivity index (χ1n) is 8.41. The zero-order valence-corrected chi connectivity index (χ0v) is 16.6. The Hall–Kier alpha value is -1.55. The van der Waals surface area contributed by atoms with Crippen molar-refractivity contribution in [3.05, 3.63) is 61.6 Å². The molecule has 0 amide bonds. The van der Waals surface area contributed by atoms with Gasteiger partial charge in [0.1, 0.15) is 5.75 Å². The van der Waals surface area contributed by atoms with Crippen LogP contribution in [0.25, 0.3) is 21.6 Å². The zero-order chi connectivity index (χ0) is 17.6. The van der Waals surface area contributed by atoms with Gasteiger partial charge < -0.3 is 5.11 Å². The van der Waals surface area contributed by atoms with Crippen molar-refractivity contribution >= 4 is 45.4 Å². The van der Waals surface area contributed by atoms with Gasteiger partial charge in [-0.3, -0.25) is 0 Å². The van der Waals surface area contributed by atoms with Crippen LogP contribution in [0.4, 0.5) is 0 Å². The van der Waals surface area contributed by atoms with Crippen molar-refractivity contribution in [1.29, 1.82) is 0 Å². The second kappa shape index (κ2) is 6.64. The van der Waals surface area contributed by atoms with Gasteiger partial charge in [-0.1, -0.05) is 11.6 Å². The van der Waals surface area contributed by atoms with E-state index in [0.29, 0.717) is 5.75 Å². The lowest BCUT2D eigenvalue weighted by molar-refractivity contribution is 0.475. The second-order valence-corrected chi connectivity index (χ2v) is 9.60. The first-order chi connectivity index (χ1) is 12.0. The van der Waals surface area contributed by atoms with Crippen molar-refractivity contribution in [2.75, 3.05) is 0 Å². The minimum Gasteiger partial charge on any atom is -0.508 e. The molecule has 0 fully saturated rings. The molecule has 0 atom stereocenters. The maximum atomic E-state index is 9.51. The molecular weight excluding hydrogens is 368 g/mol. The van der Waals surface area contributed by atoms with E-state index in [1.807, 2.05) is 23.5 Å². The molecule has 25 heavy (non-hydrogen) atoms. The first kappa shape index (κ1) is 16.9. The summed E-state index contributed by atoms with van der Waals surface area (Å²) in [7, 11) is 0. The van der Waals surface area contributed by atoms with Crippen LogP contribution in [0.2, 0.25) is 4.34 Å². The summed E-state index contributed by atoms with van der Waals surface area (Å²) in [4.78, 5) is 3.92. The number of phenols is 1. The van der Waals surface area contributed by atoms with Crippen molar-refractivity contribution < 1.29 is 5.11 Å². The fraction of sp³-hybridized carbons (Fsp3) is 0.238. The molecule has 0 saturated carbocycles. The molecule has 1 N–H and O–H groups in total. The number of aromatic hydroxyl groups is 1. The molecule has 1 aliphatic rings. The topological polar surface area (TPSA) is 20.2 Å². The predicted octanol–water partition coefficient (Wildman–Crippen LogP) is 7.55. The molecule has 0 aliphatic heterocycles. The SMILES string of the molecule is Cc1sc(Cl)cc1C1=C(c2cc(-c3ccc(O)cc3)sc2C)CCC1. The number of rotatable bonds is 3. The van der Waals surface area contributed by atoms with Gasteiger partial charge in [0.15, 0.2) is 0 Å². The van der Waals surface area contributed by atoms with E-state index >= 15 is 0 Å². The number of thiophene rings is 2. The molecule has 0 bridgehead atoms. The minimum atomic E-state index is 0.308. The van der Waals surface area contributed by atoms with Gasteiger partial charge in [-0.05, 0) is 97.3 Å². The summed E-state index contributed by atoms with van der Waals surface area (Å²) in [6, 6.07) is 11.9. The molecule has 128 valence electrons. The smallest absolute Gasteiger partial charge is 0.115 e. The maximum absolute atomic E-state index is 9.51. The van der Waals surface area contributed by atoms with E-state index in [2.05, 4.69) is 26.0 Å². The largest absolute Gasteiger partial charge is 0.508 e. The van der Waals surface area contributed by atoms with Crippen molar-refractivity contribution in [1.82, 2.24) is 0 Å². The third-order valence-corrected chi connectivity index (χ3v) is 7.10. The molecule has 0 spiro atoms. The van der Waals surface area contributed by atoms with Gasteiger partial charge >= 0.3 is 0 Å². The minimum absolute atomic E-state index is 0.308. The van der Waals surface area contributed by atoms with Crippen molar-refractivity contribution in [2.24, 2.45) is 0 Å². The highest BCUT2D eigenvalue weighted by atomic mass is 35.5. The third kappa shape index (κ3) is 3.17. The summed E-state index contributed by atoms with van der Waals surface area (Å²) in [5.41, 5.74) is 6.82. The summed E-state index contributed by atoms with van der Waals surface area (Å²) in [5, 5.41) is 9.51. The molecule has 0 radical (unpaired) electrons. The van der Waals surface area contributed by atoms with E-state index in [4.69, 9.17) is 11.6 Å². The Morgan fingerprint density at radius 3 is 2.08 bits per heavy atom. The van der Waals surface area contributed by atoms with Crippen LogP contribution in [0.1, 0.15) is 40.1 Å². The van der Waals surface area contributed by atoms with Crippen LogP contribution in [0.15, 0.2) is 36.4 Å². The zero-order valence-electron chi connectivity index (χ0n) is 14.2. The molecule has 0 unspecified atom stereocenters. The molecule has 1 nitrogen and oxygen atoms in total. The van der Waals surface area contributed by atoms with E-state index < -0.39 is 0 Å². The van der Waals surface area contributed by atoms with E-state index in [-0.39, 0.29) is 0 Å². The van der Waals surface area contributed by atoms with Crippen molar-refractivity contribution in [3.63, 3.8) is 0 Å². The van der Waals surface area contributed by atoms with E-state index in [1.54, 1.807) is 23.5 Å². The van der Waals surface area contributed by atoms with Crippen LogP contribution >= 0.6 is 34.3 Å². The van der Waals surface area contributed by atoms with Gasteiger partial charge in [-0.2, -0.15) is 0 Å². The van der Waals surface area contributed by atoms with Crippen LogP contribution in [0, 0.1) is 13.8 Å². The molecule has 3 aromatic rings. The lowest BCUT2D eigenvalue weighted by Gasteiger charge is -2.07. The fourth-order valence-electron chi connectivity index (χ4n) is 3.63. The Morgan fingerprint density at radius 1 is 0.880 bits per heavy atom. The average Bonchev–Trinajstić information content (AvgIpc) is 3.26. The van der Waals surface area contributed by atoms with Gasteiger partial charge in [0.25, 0.3) is 0 Å². The number of benzene rings is 1. The van der Waals surface area contributed by atoms with Gasteiger partial charge in [0, 0.05) is 14.6 Å². The Morgan fingerprint density at radius 2 is 1.48 bits per heavy atom. The van der Waals surface area contributed by atoms with Crippen LogP contribution < -0.4 is 0 Å². The van der Waals surface area contributed by atoms with E-state index in [0.717, 1.165) is 22.7 Å². The fourth-order valence-corrected chi connectivity index (χ4v) is 5.90. The number of phenolic OH excluding ortho intramolecular Hbond substituents is 1. The molecule has 1 aliphatic carbocycles. The Balaban J connectivity index is 1.79. The van der Waals surface area contributed by atoms with Gasteiger partial charge in [0.2, 0.25) is 0 Å². The quantitative estimate of drug-likeness (QED) is 0.492. The molecular formula is C21H19ClOS2. The van der Waals surface area contributed by atoms with Crippen LogP contribution in [-0.2, 0) is 0 Å². The van der Waals surface area contributed by atoms with E-state index in [1.165, 1.54) is 43.3 Å². The monoisotopic (exact) mass is 386 g/mol. The average molecular weight is 387 g/mol. The molecule has 0 saturated heterocycles. The highest BCUT2D eigenvalue weighted by molar-refractivity contribution is 7.16. The lowest BCUT2D eigenvalue weighted by Crippen LogP contribution is -1.86. The number of hydrogen-bond donors (Lipinski definition) is 1. The van der Waals surface area contributed by atoms with E-state index in [9.17, 15) is 5.11 Å². The summed E-state index contributed by atoms with van der Waals surface area (Å²) in [6.07, 6.45) is 3.48. The Bertz CT molecular complexity index is 960. The molecule has 1 aromatic carbocycles. The number of hydrogen-bond acceptors (Lipinski definition) is 3. The van der Waals surface area contributed by atoms with Crippen LogP contribution in [-0.4, -0.2) is 5.11 Å².